The molecule has 1 aliphatic heterocycles. The number of benzene rings is 2. The summed E-state index contributed by atoms with van der Waals surface area (Å²) in [7, 11) is 0. The molecule has 0 radical (unpaired) electrons. The minimum atomic E-state index is 0.108. The second-order valence-corrected chi connectivity index (χ2v) is 8.45. The first kappa shape index (κ1) is 21.2. The second kappa shape index (κ2) is 10.3. The number of nitrogens with zero attached hydrogens (tertiary/aromatic N) is 1. The van der Waals surface area contributed by atoms with Gasteiger partial charge >= 0.3 is 0 Å². The van der Waals surface area contributed by atoms with E-state index in [4.69, 9.17) is 23.2 Å². The van der Waals surface area contributed by atoms with E-state index in [-0.39, 0.29) is 11.8 Å². The molecule has 0 spiro atoms. The van der Waals surface area contributed by atoms with Crippen molar-refractivity contribution in [1.82, 2.24) is 10.2 Å². The number of hydrogen-bond donors (Lipinski definition) is 1. The van der Waals surface area contributed by atoms with Crippen molar-refractivity contribution in [3.63, 3.8) is 0 Å². The van der Waals surface area contributed by atoms with Crippen LogP contribution in [0.15, 0.2) is 42.5 Å². The molecule has 3 nitrogen and oxygen atoms in total. The van der Waals surface area contributed by atoms with E-state index in [1.54, 1.807) is 0 Å². The maximum atomic E-state index is 12.5. The van der Waals surface area contributed by atoms with Crippen molar-refractivity contribution in [3.05, 3.63) is 69.2 Å². The summed E-state index contributed by atoms with van der Waals surface area (Å²) in [6.45, 7) is 5.37. The van der Waals surface area contributed by atoms with E-state index in [2.05, 4.69) is 41.4 Å². The number of hydrogen-bond acceptors (Lipinski definition) is 2. The van der Waals surface area contributed by atoms with E-state index in [1.807, 2.05) is 18.2 Å². The Balaban J connectivity index is 1.38. The lowest BCUT2D eigenvalue weighted by molar-refractivity contribution is -0.126. The fourth-order valence-electron chi connectivity index (χ4n) is 3.78. The molecular weight excluding hydrogens is 391 g/mol. The van der Waals surface area contributed by atoms with Gasteiger partial charge in [0.15, 0.2) is 0 Å². The minimum absolute atomic E-state index is 0.108. The van der Waals surface area contributed by atoms with E-state index in [0.717, 1.165) is 57.4 Å². The van der Waals surface area contributed by atoms with Crippen LogP contribution in [0.1, 0.15) is 36.0 Å². The zero-order chi connectivity index (χ0) is 19.9. The molecular formula is C23H28Cl2N2O. The van der Waals surface area contributed by atoms with Crippen molar-refractivity contribution in [2.24, 2.45) is 5.92 Å². The Labute approximate surface area is 178 Å². The Hall–Kier alpha value is -1.55. The molecule has 1 heterocycles. The third-order valence-corrected chi connectivity index (χ3v) is 6.13. The molecule has 5 heteroatoms. The van der Waals surface area contributed by atoms with Crippen molar-refractivity contribution in [1.29, 1.82) is 0 Å². The lowest BCUT2D eigenvalue weighted by atomic mass is 9.95. The van der Waals surface area contributed by atoms with Gasteiger partial charge in [0.05, 0.1) is 0 Å². The van der Waals surface area contributed by atoms with Crippen LogP contribution in [0.3, 0.4) is 0 Å². The smallest absolute Gasteiger partial charge is 0.223 e. The monoisotopic (exact) mass is 418 g/mol. The molecule has 1 fully saturated rings. The predicted molar refractivity (Wildman–Crippen MR) is 117 cm³/mol. The summed E-state index contributed by atoms with van der Waals surface area (Å²) in [6, 6.07) is 14.2. The average molecular weight is 419 g/mol. The number of nitrogens with one attached hydrogen (secondary N) is 1. The van der Waals surface area contributed by atoms with Gasteiger partial charge in [0.1, 0.15) is 0 Å². The Morgan fingerprint density at radius 2 is 1.79 bits per heavy atom. The lowest BCUT2D eigenvalue weighted by Gasteiger charge is -2.31. The molecule has 28 heavy (non-hydrogen) atoms. The molecule has 3 rings (SSSR count). The van der Waals surface area contributed by atoms with Gasteiger partial charge in [-0.1, -0.05) is 59.1 Å². The molecule has 1 amide bonds. The normalized spacial score (nSPS) is 15.5. The van der Waals surface area contributed by atoms with Gasteiger partial charge in [-0.3, -0.25) is 9.69 Å². The first-order valence-corrected chi connectivity index (χ1v) is 10.8. The van der Waals surface area contributed by atoms with Crippen LogP contribution in [0.25, 0.3) is 0 Å². The van der Waals surface area contributed by atoms with Gasteiger partial charge in [-0.2, -0.15) is 0 Å². The molecule has 0 unspecified atom stereocenters. The van der Waals surface area contributed by atoms with Gasteiger partial charge in [0.25, 0.3) is 0 Å². The summed E-state index contributed by atoms with van der Waals surface area (Å²) in [4.78, 5) is 14.8. The zero-order valence-corrected chi connectivity index (χ0v) is 17.9. The maximum Gasteiger partial charge on any atom is 0.223 e. The summed E-state index contributed by atoms with van der Waals surface area (Å²) in [5.74, 6) is 0.302. The van der Waals surface area contributed by atoms with Crippen LogP contribution in [0.4, 0.5) is 0 Å². The first-order valence-electron chi connectivity index (χ1n) is 10.0. The van der Waals surface area contributed by atoms with Gasteiger partial charge in [-0.25, -0.2) is 0 Å². The number of amides is 1. The number of halogens is 2. The minimum Gasteiger partial charge on any atom is -0.356 e. The van der Waals surface area contributed by atoms with Gasteiger partial charge in [0.2, 0.25) is 5.91 Å². The van der Waals surface area contributed by atoms with E-state index in [9.17, 15) is 4.79 Å². The van der Waals surface area contributed by atoms with E-state index in [1.165, 1.54) is 11.1 Å². The third-order valence-electron chi connectivity index (χ3n) is 5.43. The van der Waals surface area contributed by atoms with Crippen LogP contribution in [-0.4, -0.2) is 30.4 Å². The van der Waals surface area contributed by atoms with Crippen molar-refractivity contribution in [3.8, 4) is 0 Å². The number of carbonyl (C=O) groups is 1. The fourth-order valence-corrected chi connectivity index (χ4v) is 4.29. The highest BCUT2D eigenvalue weighted by Crippen LogP contribution is 2.27. The van der Waals surface area contributed by atoms with Crippen LogP contribution in [0.2, 0.25) is 10.0 Å². The zero-order valence-electron chi connectivity index (χ0n) is 16.4. The van der Waals surface area contributed by atoms with Crippen molar-refractivity contribution >= 4 is 29.1 Å². The Kier molecular flexibility index (Phi) is 7.78. The molecule has 1 saturated heterocycles. The predicted octanol–water partition coefficient (Wildman–Crippen LogP) is 5.26. The number of aryl methyl sites for hydroxylation is 2. The summed E-state index contributed by atoms with van der Waals surface area (Å²) < 4.78 is 0. The highest BCUT2D eigenvalue weighted by Gasteiger charge is 2.25. The van der Waals surface area contributed by atoms with Crippen LogP contribution >= 0.6 is 23.2 Å². The van der Waals surface area contributed by atoms with Crippen LogP contribution < -0.4 is 5.32 Å². The van der Waals surface area contributed by atoms with E-state index < -0.39 is 0 Å². The van der Waals surface area contributed by atoms with Crippen LogP contribution in [0.5, 0.6) is 0 Å². The Morgan fingerprint density at radius 3 is 2.46 bits per heavy atom. The van der Waals surface area contributed by atoms with E-state index in [0.29, 0.717) is 10.0 Å². The van der Waals surface area contributed by atoms with Crippen molar-refractivity contribution < 1.29 is 4.79 Å². The number of likely N-dealkylation sites (tertiary alicyclic amines) is 1. The van der Waals surface area contributed by atoms with Crippen molar-refractivity contribution in [2.45, 2.75) is 39.2 Å². The number of rotatable bonds is 7. The summed E-state index contributed by atoms with van der Waals surface area (Å²) in [5.41, 5.74) is 3.59. The summed E-state index contributed by atoms with van der Waals surface area (Å²) >= 11 is 12.6. The second-order valence-electron chi connectivity index (χ2n) is 7.63. The lowest BCUT2D eigenvalue weighted by Crippen LogP contribution is -2.40. The molecule has 0 aromatic heterocycles. The molecule has 2 aromatic rings. The largest absolute Gasteiger partial charge is 0.356 e. The van der Waals surface area contributed by atoms with E-state index >= 15 is 0 Å². The Morgan fingerprint density at radius 1 is 1.11 bits per heavy atom. The molecule has 0 aliphatic carbocycles. The first-order chi connectivity index (χ1) is 13.5. The van der Waals surface area contributed by atoms with Crippen LogP contribution in [-0.2, 0) is 17.8 Å². The number of piperidine rings is 1. The van der Waals surface area contributed by atoms with Crippen molar-refractivity contribution in [2.75, 3.05) is 19.6 Å². The molecule has 0 saturated carbocycles. The third kappa shape index (κ3) is 5.97. The average Bonchev–Trinajstić information content (AvgIpc) is 2.69. The summed E-state index contributed by atoms with van der Waals surface area (Å²) in [6.07, 6.45) is 3.73. The van der Waals surface area contributed by atoms with Gasteiger partial charge in [-0.15, -0.1) is 0 Å². The molecule has 0 bridgehead atoms. The fraction of sp³-hybridized carbons (Fsp3) is 0.435. The maximum absolute atomic E-state index is 12.5. The SMILES string of the molecule is Cc1cccc(CCCNC(=O)C2CCN(Cc3c(Cl)cccc3Cl)CC2)c1. The highest BCUT2D eigenvalue weighted by molar-refractivity contribution is 6.35. The van der Waals surface area contributed by atoms with Gasteiger partial charge < -0.3 is 5.32 Å². The highest BCUT2D eigenvalue weighted by atomic mass is 35.5. The molecule has 0 atom stereocenters. The molecule has 2 aromatic carbocycles. The van der Waals surface area contributed by atoms with Gasteiger partial charge in [-0.05, 0) is 63.4 Å². The standard InChI is InChI=1S/C23H28Cl2N2O/c1-17-5-2-6-18(15-17)7-4-12-26-23(28)19-10-13-27(14-11-19)16-20-21(24)8-3-9-22(20)25/h2-3,5-6,8-9,15,19H,4,7,10-14,16H2,1H3,(H,26,28). The summed E-state index contributed by atoms with van der Waals surface area (Å²) in [5, 5.41) is 4.54. The Bertz CT molecular complexity index is 781. The van der Waals surface area contributed by atoms with Crippen LogP contribution in [0, 0.1) is 12.8 Å². The molecule has 150 valence electrons. The van der Waals surface area contributed by atoms with Gasteiger partial charge in [0, 0.05) is 34.6 Å². The molecule has 1 aliphatic rings. The molecule has 1 N–H and O–H groups in total. The quantitative estimate of drug-likeness (QED) is 0.621. The number of carbonyl (C=O) groups excluding carboxylic acids is 1. The topological polar surface area (TPSA) is 32.3 Å².